The molecule has 192 valence electrons. The molecule has 0 bridgehead atoms. The van der Waals surface area contributed by atoms with Gasteiger partial charge in [-0.3, -0.25) is 0 Å². The number of rotatable bonds is 10. The van der Waals surface area contributed by atoms with Crippen LogP contribution in [0.4, 0.5) is 5.69 Å². The minimum Gasteiger partial charge on any atom is -0.494 e. The van der Waals surface area contributed by atoms with Gasteiger partial charge in [0.05, 0.1) is 40.2 Å². The van der Waals surface area contributed by atoms with Gasteiger partial charge in [0.15, 0.2) is 11.5 Å². The van der Waals surface area contributed by atoms with Gasteiger partial charge in [0.1, 0.15) is 11.5 Å². The Bertz CT molecular complexity index is 1140. The first-order chi connectivity index (χ1) is 17.6. The zero-order valence-corrected chi connectivity index (χ0v) is 22.5. The largest absolute Gasteiger partial charge is 0.494 e. The van der Waals surface area contributed by atoms with Gasteiger partial charge in [-0.25, -0.2) is 0 Å². The van der Waals surface area contributed by atoms with Gasteiger partial charge in [-0.1, -0.05) is 18.2 Å². The number of ether oxygens (including phenoxy) is 5. The normalized spacial score (nSPS) is 15.0. The fourth-order valence-corrected chi connectivity index (χ4v) is 5.84. The summed E-state index contributed by atoms with van der Waals surface area (Å²) >= 11 is 1.85. The lowest BCUT2D eigenvalue weighted by Crippen LogP contribution is -2.24. The molecule has 0 aliphatic carbocycles. The first kappa shape index (κ1) is 25.9. The van der Waals surface area contributed by atoms with Crippen LogP contribution in [-0.4, -0.2) is 41.1 Å². The van der Waals surface area contributed by atoms with Gasteiger partial charge in [0, 0.05) is 28.8 Å². The summed E-state index contributed by atoms with van der Waals surface area (Å²) in [6.45, 7) is 6.95. The van der Waals surface area contributed by atoms with Gasteiger partial charge in [-0.05, 0) is 62.2 Å². The molecule has 36 heavy (non-hydrogen) atoms. The van der Waals surface area contributed by atoms with Gasteiger partial charge < -0.3 is 28.6 Å². The summed E-state index contributed by atoms with van der Waals surface area (Å²) in [5, 5.41) is 0.196. The molecule has 7 heteroatoms. The van der Waals surface area contributed by atoms with Crippen LogP contribution in [0.3, 0.4) is 0 Å². The summed E-state index contributed by atoms with van der Waals surface area (Å²) in [6.07, 6.45) is 0.943. The first-order valence-corrected chi connectivity index (χ1v) is 13.2. The Hall–Kier alpha value is -3.19. The van der Waals surface area contributed by atoms with Gasteiger partial charge in [0.2, 0.25) is 5.75 Å². The summed E-state index contributed by atoms with van der Waals surface area (Å²) < 4.78 is 28.6. The van der Waals surface area contributed by atoms with Gasteiger partial charge in [0.25, 0.3) is 0 Å². The SMILES string of the molecule is CCOc1ccc2c(c1)SC(c1cc(OC)c(OC)c(OC)c1)CCN2Cc1ccccc1OCC. The maximum absolute atomic E-state index is 5.92. The molecule has 0 saturated heterocycles. The maximum Gasteiger partial charge on any atom is 0.203 e. The molecule has 0 spiro atoms. The maximum atomic E-state index is 5.92. The second-order valence-corrected chi connectivity index (χ2v) is 9.62. The van der Waals surface area contributed by atoms with E-state index in [2.05, 4.69) is 47.4 Å². The Morgan fingerprint density at radius 2 is 1.56 bits per heavy atom. The molecule has 0 N–H and O–H groups in total. The van der Waals surface area contributed by atoms with Crippen molar-refractivity contribution in [3.63, 3.8) is 0 Å². The molecule has 3 aromatic rings. The van der Waals surface area contributed by atoms with E-state index in [0.717, 1.165) is 36.6 Å². The van der Waals surface area contributed by atoms with Crippen LogP contribution in [0.25, 0.3) is 0 Å². The third-order valence-corrected chi connectivity index (χ3v) is 7.58. The Labute approximate surface area is 218 Å². The number of hydrogen-bond donors (Lipinski definition) is 0. The number of hydrogen-bond acceptors (Lipinski definition) is 7. The lowest BCUT2D eigenvalue weighted by molar-refractivity contribution is 0.323. The highest BCUT2D eigenvalue weighted by Gasteiger charge is 2.27. The van der Waals surface area contributed by atoms with Crippen LogP contribution in [0.2, 0.25) is 0 Å². The molecular formula is C29H35NO5S. The topological polar surface area (TPSA) is 49.4 Å². The molecule has 1 atom stereocenters. The summed E-state index contributed by atoms with van der Waals surface area (Å²) in [4.78, 5) is 3.62. The lowest BCUT2D eigenvalue weighted by Gasteiger charge is -2.26. The average molecular weight is 510 g/mol. The van der Waals surface area contributed by atoms with Gasteiger partial charge >= 0.3 is 0 Å². The van der Waals surface area contributed by atoms with Gasteiger partial charge in [-0.2, -0.15) is 0 Å². The van der Waals surface area contributed by atoms with Crippen molar-refractivity contribution in [2.45, 2.75) is 37.0 Å². The van der Waals surface area contributed by atoms with E-state index in [4.69, 9.17) is 23.7 Å². The molecular weight excluding hydrogens is 474 g/mol. The van der Waals surface area contributed by atoms with Crippen molar-refractivity contribution in [2.75, 3.05) is 46.0 Å². The second kappa shape index (κ2) is 12.2. The fraction of sp³-hybridized carbons (Fsp3) is 0.379. The summed E-state index contributed by atoms with van der Waals surface area (Å²) in [5.41, 5.74) is 3.51. The molecule has 0 fully saturated rings. The zero-order valence-electron chi connectivity index (χ0n) is 21.7. The van der Waals surface area contributed by atoms with Crippen molar-refractivity contribution in [2.24, 2.45) is 0 Å². The van der Waals surface area contributed by atoms with Crippen molar-refractivity contribution in [3.8, 4) is 28.7 Å². The average Bonchev–Trinajstić information content (AvgIpc) is 3.08. The van der Waals surface area contributed by atoms with Crippen LogP contribution in [-0.2, 0) is 6.54 Å². The van der Waals surface area contributed by atoms with Crippen LogP contribution in [0.15, 0.2) is 59.5 Å². The summed E-state index contributed by atoms with van der Waals surface area (Å²) in [7, 11) is 4.94. The van der Waals surface area contributed by atoms with Crippen LogP contribution in [0, 0.1) is 0 Å². The molecule has 6 nitrogen and oxygen atoms in total. The van der Waals surface area contributed by atoms with E-state index in [0.29, 0.717) is 30.5 Å². The molecule has 4 rings (SSSR count). The van der Waals surface area contributed by atoms with E-state index >= 15 is 0 Å². The van der Waals surface area contributed by atoms with E-state index in [1.54, 1.807) is 21.3 Å². The molecule has 1 unspecified atom stereocenters. The number of methoxy groups -OCH3 is 3. The highest BCUT2D eigenvalue weighted by Crippen LogP contribution is 2.49. The standard InChI is InChI=1S/C29H35NO5S/c1-6-34-22-12-13-23-28(18-22)36-27(21-16-25(31-3)29(33-5)26(17-21)32-4)14-15-30(23)19-20-10-8-9-11-24(20)35-7-2/h8-13,16-18,27H,6-7,14-15,19H2,1-5H3. The third kappa shape index (κ3) is 5.62. The van der Waals surface area contributed by atoms with Crippen LogP contribution in [0.1, 0.15) is 36.6 Å². The van der Waals surface area contributed by atoms with Crippen molar-refractivity contribution in [3.05, 3.63) is 65.7 Å². The first-order valence-electron chi connectivity index (χ1n) is 12.3. The monoisotopic (exact) mass is 509 g/mol. The number of para-hydroxylation sites is 1. The van der Waals surface area contributed by atoms with E-state index in [-0.39, 0.29) is 5.25 Å². The predicted molar refractivity (Wildman–Crippen MR) is 146 cm³/mol. The number of benzene rings is 3. The van der Waals surface area contributed by atoms with Crippen LogP contribution < -0.4 is 28.6 Å². The molecule has 3 aromatic carbocycles. The van der Waals surface area contributed by atoms with Crippen LogP contribution >= 0.6 is 11.8 Å². The number of anilines is 1. The van der Waals surface area contributed by atoms with Crippen LogP contribution in [0.5, 0.6) is 28.7 Å². The quantitative estimate of drug-likeness (QED) is 0.299. The fourth-order valence-electron chi connectivity index (χ4n) is 4.53. The molecule has 1 aliphatic heterocycles. The third-order valence-electron chi connectivity index (χ3n) is 6.21. The van der Waals surface area contributed by atoms with Crippen molar-refractivity contribution in [1.29, 1.82) is 0 Å². The Balaban J connectivity index is 1.72. The summed E-state index contributed by atoms with van der Waals surface area (Å²) in [5.74, 6) is 3.76. The predicted octanol–water partition coefficient (Wildman–Crippen LogP) is 6.75. The lowest BCUT2D eigenvalue weighted by atomic mass is 10.1. The highest BCUT2D eigenvalue weighted by atomic mass is 32.2. The van der Waals surface area contributed by atoms with Crippen molar-refractivity contribution in [1.82, 2.24) is 0 Å². The van der Waals surface area contributed by atoms with E-state index in [1.807, 2.05) is 37.7 Å². The molecule has 1 heterocycles. The molecule has 0 saturated carbocycles. The smallest absolute Gasteiger partial charge is 0.203 e. The number of fused-ring (bicyclic) bond motifs is 1. The van der Waals surface area contributed by atoms with Gasteiger partial charge in [-0.15, -0.1) is 11.8 Å². The molecule has 1 aliphatic rings. The number of thioether (sulfide) groups is 1. The highest BCUT2D eigenvalue weighted by molar-refractivity contribution is 7.99. The van der Waals surface area contributed by atoms with E-state index in [9.17, 15) is 0 Å². The molecule has 0 amide bonds. The summed E-state index contributed by atoms with van der Waals surface area (Å²) in [6, 6.07) is 18.8. The van der Waals surface area contributed by atoms with E-state index in [1.165, 1.54) is 16.1 Å². The Kier molecular flexibility index (Phi) is 8.75. The minimum atomic E-state index is 0.196. The minimum absolute atomic E-state index is 0.196. The Morgan fingerprint density at radius 3 is 2.22 bits per heavy atom. The van der Waals surface area contributed by atoms with Crippen molar-refractivity contribution < 1.29 is 23.7 Å². The van der Waals surface area contributed by atoms with E-state index < -0.39 is 0 Å². The molecule has 0 aromatic heterocycles. The second-order valence-electron chi connectivity index (χ2n) is 8.38. The molecule has 0 radical (unpaired) electrons. The number of nitrogens with zero attached hydrogens (tertiary/aromatic N) is 1. The van der Waals surface area contributed by atoms with Crippen molar-refractivity contribution >= 4 is 17.4 Å². The zero-order chi connectivity index (χ0) is 25.5. The Morgan fingerprint density at radius 1 is 0.833 bits per heavy atom.